The number of halogens is 1. The molecule has 19 heavy (non-hydrogen) atoms. The summed E-state index contributed by atoms with van der Waals surface area (Å²) in [6, 6.07) is 11.3. The van der Waals surface area contributed by atoms with E-state index in [1.807, 2.05) is 37.3 Å². The molecule has 1 amide bonds. The van der Waals surface area contributed by atoms with Crippen molar-refractivity contribution in [2.24, 2.45) is 0 Å². The Hall–Kier alpha value is -1.17. The molecule has 2 rings (SSSR count). The minimum absolute atomic E-state index is 0.0975. The van der Waals surface area contributed by atoms with E-state index in [9.17, 15) is 4.79 Å². The summed E-state index contributed by atoms with van der Waals surface area (Å²) in [4.78, 5) is 12.8. The van der Waals surface area contributed by atoms with Crippen LogP contribution in [0.5, 0.6) is 0 Å². The molecule has 5 heteroatoms. The number of hydrogen-bond donors (Lipinski definition) is 1. The van der Waals surface area contributed by atoms with E-state index in [0.717, 1.165) is 15.0 Å². The first kappa shape index (κ1) is 14.2. The van der Waals surface area contributed by atoms with Crippen LogP contribution in [0.4, 0.5) is 5.69 Å². The lowest BCUT2D eigenvalue weighted by Gasteiger charge is -2.10. The average Bonchev–Trinajstić information content (AvgIpc) is 2.84. The number of para-hydroxylation sites is 1. The van der Waals surface area contributed by atoms with Crippen LogP contribution in [0.1, 0.15) is 22.2 Å². The van der Waals surface area contributed by atoms with Gasteiger partial charge in [-0.1, -0.05) is 18.2 Å². The summed E-state index contributed by atoms with van der Waals surface area (Å²) >= 11 is 4.77. The van der Waals surface area contributed by atoms with Gasteiger partial charge in [0, 0.05) is 17.9 Å². The zero-order valence-electron chi connectivity index (χ0n) is 10.5. The number of benzene rings is 1. The molecule has 0 saturated carbocycles. The second kappa shape index (κ2) is 6.84. The van der Waals surface area contributed by atoms with Crippen molar-refractivity contribution in [2.45, 2.75) is 13.5 Å². The minimum atomic E-state index is -0.0975. The smallest absolute Gasteiger partial charge is 0.265 e. The Morgan fingerprint density at radius 3 is 2.79 bits per heavy atom. The van der Waals surface area contributed by atoms with Gasteiger partial charge in [-0.3, -0.25) is 4.79 Å². The standard InChI is InChI=1S/C14H14BrNO2S/c1-2-18-9-10-5-3-4-6-11(10)16-14(17)12-7-8-13(15)19-12/h3-8H,2,9H2,1H3,(H,16,17). The van der Waals surface area contributed by atoms with Crippen LogP contribution in [-0.2, 0) is 11.3 Å². The largest absolute Gasteiger partial charge is 0.377 e. The van der Waals surface area contributed by atoms with Gasteiger partial charge in [0.25, 0.3) is 5.91 Å². The van der Waals surface area contributed by atoms with E-state index in [1.165, 1.54) is 11.3 Å². The number of ether oxygens (including phenoxy) is 1. The first-order valence-corrected chi connectivity index (χ1v) is 7.54. The van der Waals surface area contributed by atoms with E-state index in [-0.39, 0.29) is 5.91 Å². The van der Waals surface area contributed by atoms with E-state index in [2.05, 4.69) is 21.2 Å². The van der Waals surface area contributed by atoms with Gasteiger partial charge in [-0.15, -0.1) is 11.3 Å². The molecule has 0 bridgehead atoms. The zero-order chi connectivity index (χ0) is 13.7. The lowest BCUT2D eigenvalue weighted by atomic mass is 10.2. The predicted octanol–water partition coefficient (Wildman–Crippen LogP) is 4.30. The van der Waals surface area contributed by atoms with Crippen molar-refractivity contribution in [3.8, 4) is 0 Å². The van der Waals surface area contributed by atoms with Crippen LogP contribution >= 0.6 is 27.3 Å². The fraction of sp³-hybridized carbons (Fsp3) is 0.214. The fourth-order valence-electron chi connectivity index (χ4n) is 1.60. The molecule has 0 spiro atoms. The summed E-state index contributed by atoms with van der Waals surface area (Å²) in [7, 11) is 0. The van der Waals surface area contributed by atoms with E-state index >= 15 is 0 Å². The molecular formula is C14H14BrNO2S. The van der Waals surface area contributed by atoms with E-state index < -0.39 is 0 Å². The van der Waals surface area contributed by atoms with Crippen molar-refractivity contribution in [1.29, 1.82) is 0 Å². The monoisotopic (exact) mass is 339 g/mol. The third kappa shape index (κ3) is 3.89. The number of amides is 1. The SMILES string of the molecule is CCOCc1ccccc1NC(=O)c1ccc(Br)s1. The van der Waals surface area contributed by atoms with Crippen LogP contribution in [0.15, 0.2) is 40.2 Å². The van der Waals surface area contributed by atoms with Crippen LogP contribution in [0.2, 0.25) is 0 Å². The Morgan fingerprint density at radius 2 is 2.11 bits per heavy atom. The number of carbonyl (C=O) groups is 1. The highest BCUT2D eigenvalue weighted by molar-refractivity contribution is 9.11. The first-order chi connectivity index (χ1) is 9.20. The molecule has 0 fully saturated rings. The molecule has 1 aromatic carbocycles. The van der Waals surface area contributed by atoms with Gasteiger partial charge in [-0.25, -0.2) is 0 Å². The van der Waals surface area contributed by atoms with Crippen LogP contribution in [-0.4, -0.2) is 12.5 Å². The number of carbonyl (C=O) groups excluding carboxylic acids is 1. The van der Waals surface area contributed by atoms with Gasteiger partial charge in [-0.2, -0.15) is 0 Å². The van der Waals surface area contributed by atoms with Crippen molar-refractivity contribution in [3.05, 3.63) is 50.6 Å². The van der Waals surface area contributed by atoms with E-state index in [0.29, 0.717) is 18.1 Å². The van der Waals surface area contributed by atoms with Crippen LogP contribution in [0.3, 0.4) is 0 Å². The maximum absolute atomic E-state index is 12.1. The highest BCUT2D eigenvalue weighted by Gasteiger charge is 2.10. The highest BCUT2D eigenvalue weighted by Crippen LogP contribution is 2.24. The lowest BCUT2D eigenvalue weighted by Crippen LogP contribution is -2.12. The van der Waals surface area contributed by atoms with Crippen molar-refractivity contribution in [2.75, 3.05) is 11.9 Å². The molecule has 0 unspecified atom stereocenters. The predicted molar refractivity (Wildman–Crippen MR) is 81.7 cm³/mol. The van der Waals surface area contributed by atoms with Gasteiger partial charge < -0.3 is 10.1 Å². The molecule has 2 aromatic rings. The third-order valence-electron chi connectivity index (χ3n) is 2.52. The van der Waals surface area contributed by atoms with Gasteiger partial charge in [0.2, 0.25) is 0 Å². The Labute approximate surface area is 124 Å². The Balaban J connectivity index is 2.12. The molecule has 1 N–H and O–H groups in total. The van der Waals surface area contributed by atoms with Gasteiger partial charge in [0.1, 0.15) is 0 Å². The number of nitrogens with one attached hydrogen (secondary N) is 1. The summed E-state index contributed by atoms with van der Waals surface area (Å²) in [5, 5.41) is 2.92. The maximum Gasteiger partial charge on any atom is 0.265 e. The molecule has 1 aromatic heterocycles. The highest BCUT2D eigenvalue weighted by atomic mass is 79.9. The topological polar surface area (TPSA) is 38.3 Å². The second-order valence-electron chi connectivity index (χ2n) is 3.85. The third-order valence-corrected chi connectivity index (χ3v) is 4.15. The summed E-state index contributed by atoms with van der Waals surface area (Å²) < 4.78 is 6.34. The normalized spacial score (nSPS) is 10.4. The Bertz CT molecular complexity index is 568. The van der Waals surface area contributed by atoms with Crippen molar-refractivity contribution >= 4 is 38.9 Å². The summed E-state index contributed by atoms with van der Waals surface area (Å²) in [5.74, 6) is -0.0975. The lowest BCUT2D eigenvalue weighted by molar-refractivity contribution is 0.102. The molecule has 0 aliphatic rings. The van der Waals surface area contributed by atoms with Crippen molar-refractivity contribution in [3.63, 3.8) is 0 Å². The molecule has 0 saturated heterocycles. The molecule has 0 aliphatic heterocycles. The van der Waals surface area contributed by atoms with Gasteiger partial charge >= 0.3 is 0 Å². The van der Waals surface area contributed by atoms with Gasteiger partial charge in [-0.05, 0) is 41.1 Å². The van der Waals surface area contributed by atoms with E-state index in [4.69, 9.17) is 4.74 Å². The Kier molecular flexibility index (Phi) is 5.13. The molecule has 3 nitrogen and oxygen atoms in total. The number of thiophene rings is 1. The van der Waals surface area contributed by atoms with Crippen LogP contribution in [0.25, 0.3) is 0 Å². The van der Waals surface area contributed by atoms with Crippen LogP contribution < -0.4 is 5.32 Å². The molecule has 100 valence electrons. The average molecular weight is 340 g/mol. The number of anilines is 1. The first-order valence-electron chi connectivity index (χ1n) is 5.93. The zero-order valence-corrected chi connectivity index (χ0v) is 12.9. The Morgan fingerprint density at radius 1 is 1.32 bits per heavy atom. The minimum Gasteiger partial charge on any atom is -0.377 e. The number of rotatable bonds is 5. The molecule has 0 atom stereocenters. The summed E-state index contributed by atoms with van der Waals surface area (Å²) in [5.41, 5.74) is 1.78. The fourth-order valence-corrected chi connectivity index (χ4v) is 2.88. The number of hydrogen-bond acceptors (Lipinski definition) is 3. The summed E-state index contributed by atoms with van der Waals surface area (Å²) in [6.07, 6.45) is 0. The maximum atomic E-state index is 12.1. The van der Waals surface area contributed by atoms with E-state index in [1.54, 1.807) is 6.07 Å². The van der Waals surface area contributed by atoms with Crippen LogP contribution in [0, 0.1) is 0 Å². The second-order valence-corrected chi connectivity index (χ2v) is 6.32. The van der Waals surface area contributed by atoms with Gasteiger partial charge in [0.05, 0.1) is 15.3 Å². The van der Waals surface area contributed by atoms with Gasteiger partial charge in [0.15, 0.2) is 0 Å². The van der Waals surface area contributed by atoms with Crippen molar-refractivity contribution < 1.29 is 9.53 Å². The molecule has 0 aliphatic carbocycles. The molecular weight excluding hydrogens is 326 g/mol. The van der Waals surface area contributed by atoms with Crippen molar-refractivity contribution in [1.82, 2.24) is 0 Å². The quantitative estimate of drug-likeness (QED) is 0.881. The molecule has 0 radical (unpaired) electrons. The molecule has 1 heterocycles. The summed E-state index contributed by atoms with van der Waals surface area (Å²) in [6.45, 7) is 3.10.